The Morgan fingerprint density at radius 3 is 2.54 bits per heavy atom. The molecule has 2 heterocycles. The summed E-state index contributed by atoms with van der Waals surface area (Å²) in [5.74, 6) is 3.23. The molecular formula is C23H31N3O2. The Bertz CT molecular complexity index is 757. The molecule has 5 rings (SSSR count). The summed E-state index contributed by atoms with van der Waals surface area (Å²) in [6, 6.07) is 10.9. The first-order valence-corrected chi connectivity index (χ1v) is 10.7. The summed E-state index contributed by atoms with van der Waals surface area (Å²) in [6.45, 7) is 4.34. The molecule has 2 aliphatic carbocycles. The first-order chi connectivity index (χ1) is 13.8. The van der Waals surface area contributed by atoms with E-state index in [1.807, 2.05) is 12.3 Å². The molecule has 150 valence electrons. The molecule has 4 atom stereocenters. The average Bonchev–Trinajstić information content (AvgIpc) is 3.22. The van der Waals surface area contributed by atoms with E-state index in [-0.39, 0.29) is 0 Å². The fourth-order valence-electron chi connectivity index (χ4n) is 5.08. The number of nitrogens with zero attached hydrogens (tertiary/aromatic N) is 3. The fraction of sp³-hybridized carbons (Fsp3) is 0.609. The summed E-state index contributed by atoms with van der Waals surface area (Å²) in [5, 5.41) is 4.56. The van der Waals surface area contributed by atoms with Crippen LogP contribution in [-0.2, 0) is 11.3 Å². The van der Waals surface area contributed by atoms with Crippen LogP contribution in [0, 0.1) is 17.8 Å². The van der Waals surface area contributed by atoms with Crippen LogP contribution < -0.4 is 4.74 Å². The van der Waals surface area contributed by atoms with Gasteiger partial charge >= 0.3 is 0 Å². The van der Waals surface area contributed by atoms with Crippen molar-refractivity contribution >= 4 is 0 Å². The molecule has 0 amide bonds. The van der Waals surface area contributed by atoms with E-state index in [1.54, 1.807) is 7.11 Å². The molecule has 2 saturated carbocycles. The van der Waals surface area contributed by atoms with Crippen LogP contribution in [0.5, 0.6) is 5.75 Å². The van der Waals surface area contributed by atoms with E-state index < -0.39 is 0 Å². The van der Waals surface area contributed by atoms with Crippen LogP contribution in [0.2, 0.25) is 0 Å². The topological polar surface area (TPSA) is 39.5 Å². The Labute approximate surface area is 167 Å². The molecule has 5 nitrogen and oxygen atoms in total. The van der Waals surface area contributed by atoms with Gasteiger partial charge in [-0.15, -0.1) is 0 Å². The average molecular weight is 382 g/mol. The number of ether oxygens (including phenoxy) is 2. The molecule has 0 bridgehead atoms. The highest BCUT2D eigenvalue weighted by atomic mass is 16.5. The molecule has 2 aromatic rings. The molecule has 28 heavy (non-hydrogen) atoms. The van der Waals surface area contributed by atoms with Crippen LogP contribution >= 0.6 is 0 Å². The van der Waals surface area contributed by atoms with Crippen molar-refractivity contribution in [3.05, 3.63) is 48.3 Å². The van der Waals surface area contributed by atoms with E-state index in [2.05, 4.69) is 45.1 Å². The number of methoxy groups -OCH3 is 1. The van der Waals surface area contributed by atoms with Crippen molar-refractivity contribution in [3.8, 4) is 5.75 Å². The third-order valence-electron chi connectivity index (χ3n) is 6.83. The zero-order valence-corrected chi connectivity index (χ0v) is 16.7. The Kier molecular flexibility index (Phi) is 5.12. The molecule has 1 aliphatic heterocycles. The van der Waals surface area contributed by atoms with Gasteiger partial charge in [0.1, 0.15) is 5.75 Å². The van der Waals surface area contributed by atoms with E-state index in [0.29, 0.717) is 12.1 Å². The quantitative estimate of drug-likeness (QED) is 0.732. The molecule has 5 heteroatoms. The number of hydrogen-bond donors (Lipinski definition) is 0. The van der Waals surface area contributed by atoms with Crippen LogP contribution in [0.25, 0.3) is 0 Å². The van der Waals surface area contributed by atoms with E-state index in [1.165, 1.54) is 44.3 Å². The van der Waals surface area contributed by atoms with Crippen LogP contribution in [0.4, 0.5) is 0 Å². The summed E-state index contributed by atoms with van der Waals surface area (Å²) < 4.78 is 13.9. The first-order valence-electron chi connectivity index (χ1n) is 10.7. The summed E-state index contributed by atoms with van der Waals surface area (Å²) in [4.78, 5) is 2.63. The fourth-order valence-corrected chi connectivity index (χ4v) is 5.08. The number of benzene rings is 1. The number of rotatable bonds is 7. The van der Waals surface area contributed by atoms with Crippen molar-refractivity contribution in [2.75, 3.05) is 26.8 Å². The zero-order chi connectivity index (χ0) is 18.9. The molecule has 0 radical (unpaired) electrons. The lowest BCUT2D eigenvalue weighted by molar-refractivity contribution is -0.0371. The lowest BCUT2D eigenvalue weighted by atomic mass is 9.77. The van der Waals surface area contributed by atoms with Crippen molar-refractivity contribution in [3.63, 3.8) is 0 Å². The molecule has 3 fully saturated rings. The molecule has 3 aliphatic rings. The summed E-state index contributed by atoms with van der Waals surface area (Å²) in [6.07, 6.45) is 9.36. The van der Waals surface area contributed by atoms with E-state index >= 15 is 0 Å². The van der Waals surface area contributed by atoms with Gasteiger partial charge in [0, 0.05) is 38.6 Å². The van der Waals surface area contributed by atoms with Crippen molar-refractivity contribution in [2.45, 2.75) is 44.4 Å². The Morgan fingerprint density at radius 2 is 1.86 bits per heavy atom. The van der Waals surface area contributed by atoms with Crippen LogP contribution in [0.15, 0.2) is 42.7 Å². The highest BCUT2D eigenvalue weighted by Gasteiger charge is 2.43. The smallest absolute Gasteiger partial charge is 0.118 e. The largest absolute Gasteiger partial charge is 0.497 e. The summed E-state index contributed by atoms with van der Waals surface area (Å²) in [5.41, 5.74) is 1.37. The van der Waals surface area contributed by atoms with E-state index in [0.717, 1.165) is 36.7 Å². The third-order valence-corrected chi connectivity index (χ3v) is 6.83. The minimum absolute atomic E-state index is 0.308. The normalized spacial score (nSPS) is 30.3. The molecule has 1 aromatic heterocycles. The minimum atomic E-state index is 0.308. The van der Waals surface area contributed by atoms with Gasteiger partial charge in [0.25, 0.3) is 0 Å². The zero-order valence-electron chi connectivity index (χ0n) is 16.7. The van der Waals surface area contributed by atoms with Gasteiger partial charge in [-0.2, -0.15) is 5.10 Å². The van der Waals surface area contributed by atoms with Crippen LogP contribution in [0.3, 0.4) is 0 Å². The Balaban J connectivity index is 1.25. The van der Waals surface area contributed by atoms with Crippen LogP contribution in [-0.4, -0.2) is 47.6 Å². The lowest BCUT2D eigenvalue weighted by Gasteiger charge is -2.38. The number of fused-ring (bicyclic) bond motifs is 1. The predicted molar refractivity (Wildman–Crippen MR) is 108 cm³/mol. The van der Waals surface area contributed by atoms with Gasteiger partial charge in [-0.25, -0.2) is 0 Å². The highest BCUT2D eigenvalue weighted by molar-refractivity contribution is 5.27. The van der Waals surface area contributed by atoms with Crippen molar-refractivity contribution in [1.29, 1.82) is 0 Å². The first kappa shape index (κ1) is 18.2. The van der Waals surface area contributed by atoms with E-state index in [4.69, 9.17) is 9.47 Å². The van der Waals surface area contributed by atoms with Gasteiger partial charge in [0.15, 0.2) is 0 Å². The summed E-state index contributed by atoms with van der Waals surface area (Å²) >= 11 is 0. The number of aromatic nitrogens is 2. The molecule has 1 aromatic carbocycles. The maximum Gasteiger partial charge on any atom is 0.118 e. The van der Waals surface area contributed by atoms with Gasteiger partial charge in [-0.1, -0.05) is 12.1 Å². The standard InChI is InChI=1S/C23H31N3O2/c1-27-21-7-5-17(6-8-21)13-25-14-19-11-22(26-10-2-9-24-26)23(12-20(19)15-25)28-16-18-3-4-18/h2,5-10,18-20,22-23H,3-4,11-16H2,1H3/t19-,20+,22-,23-/m0/s1. The number of likely N-dealkylation sites (tertiary alicyclic amines) is 1. The third kappa shape index (κ3) is 3.96. The van der Waals surface area contributed by atoms with Gasteiger partial charge in [-0.3, -0.25) is 9.58 Å². The molecule has 0 spiro atoms. The Hall–Kier alpha value is -1.85. The van der Waals surface area contributed by atoms with Crippen molar-refractivity contribution in [1.82, 2.24) is 14.7 Å². The second kappa shape index (κ2) is 7.88. The van der Waals surface area contributed by atoms with Crippen LogP contribution in [0.1, 0.15) is 37.3 Å². The van der Waals surface area contributed by atoms with Gasteiger partial charge in [0.05, 0.1) is 19.3 Å². The minimum Gasteiger partial charge on any atom is -0.497 e. The SMILES string of the molecule is COc1ccc(CN2C[C@H]3C[C@H](OCC4CC4)[C@@H](n4cccn4)C[C@H]3C2)cc1. The molecule has 0 unspecified atom stereocenters. The highest BCUT2D eigenvalue weighted by Crippen LogP contribution is 2.43. The Morgan fingerprint density at radius 1 is 1.07 bits per heavy atom. The lowest BCUT2D eigenvalue weighted by Crippen LogP contribution is -2.38. The maximum atomic E-state index is 6.44. The van der Waals surface area contributed by atoms with Gasteiger partial charge in [-0.05, 0) is 67.2 Å². The maximum absolute atomic E-state index is 6.44. The monoisotopic (exact) mass is 381 g/mol. The second-order valence-electron chi connectivity index (χ2n) is 8.90. The van der Waals surface area contributed by atoms with Crippen molar-refractivity contribution in [2.24, 2.45) is 17.8 Å². The molecule has 0 N–H and O–H groups in total. The summed E-state index contributed by atoms with van der Waals surface area (Å²) in [7, 11) is 1.72. The van der Waals surface area contributed by atoms with Gasteiger partial charge < -0.3 is 9.47 Å². The molecular weight excluding hydrogens is 350 g/mol. The van der Waals surface area contributed by atoms with E-state index in [9.17, 15) is 0 Å². The van der Waals surface area contributed by atoms with Gasteiger partial charge in [0.2, 0.25) is 0 Å². The number of hydrogen-bond acceptors (Lipinski definition) is 4. The molecule has 1 saturated heterocycles. The van der Waals surface area contributed by atoms with Crippen molar-refractivity contribution < 1.29 is 9.47 Å². The second-order valence-corrected chi connectivity index (χ2v) is 8.90. The predicted octanol–water partition coefficient (Wildman–Crippen LogP) is 3.77.